The van der Waals surface area contributed by atoms with Crippen molar-refractivity contribution in [3.8, 4) is 0 Å². The molecule has 0 saturated heterocycles. The van der Waals surface area contributed by atoms with Gasteiger partial charge in [-0.05, 0) is 104 Å². The van der Waals surface area contributed by atoms with Crippen LogP contribution in [-0.2, 0) is 4.79 Å². The van der Waals surface area contributed by atoms with E-state index in [0.29, 0.717) is 11.8 Å². The summed E-state index contributed by atoms with van der Waals surface area (Å²) in [7, 11) is 0. The SMILES string of the molecule is C=C(CC[C@@H](C(=O)O)[C@H]1CC[C@@]2(C)C3=C(CC[C@]12C)[C@@]1(C)CC[C@H](O)C(C)(C)[C@@H]1CC3)C(C)C. The van der Waals surface area contributed by atoms with E-state index >= 15 is 0 Å². The minimum atomic E-state index is -0.606. The van der Waals surface area contributed by atoms with Gasteiger partial charge < -0.3 is 10.2 Å². The zero-order chi connectivity index (χ0) is 25.3. The molecule has 3 heteroatoms. The molecule has 3 nitrogen and oxygen atoms in total. The predicted octanol–water partition coefficient (Wildman–Crippen LogP) is 7.79. The molecule has 0 amide bonds. The first-order valence-corrected chi connectivity index (χ1v) is 14.0. The van der Waals surface area contributed by atoms with Gasteiger partial charge in [0, 0.05) is 0 Å². The van der Waals surface area contributed by atoms with Crippen LogP contribution in [0.15, 0.2) is 23.3 Å². The fourth-order valence-corrected chi connectivity index (χ4v) is 9.49. The molecule has 0 aliphatic heterocycles. The highest BCUT2D eigenvalue weighted by molar-refractivity contribution is 5.70. The molecule has 2 N–H and O–H groups in total. The summed E-state index contributed by atoms with van der Waals surface area (Å²) in [6, 6.07) is 0. The number of hydrogen-bond acceptors (Lipinski definition) is 2. The van der Waals surface area contributed by atoms with Crippen LogP contribution in [0.1, 0.15) is 113 Å². The predicted molar refractivity (Wildman–Crippen MR) is 139 cm³/mol. The van der Waals surface area contributed by atoms with Gasteiger partial charge in [0.2, 0.25) is 0 Å². The number of carboxylic acids is 1. The molecule has 0 aromatic rings. The number of fused-ring (bicyclic) bond motifs is 4. The van der Waals surface area contributed by atoms with Gasteiger partial charge >= 0.3 is 5.97 Å². The van der Waals surface area contributed by atoms with Crippen molar-refractivity contribution in [2.45, 2.75) is 119 Å². The monoisotopic (exact) mass is 470 g/mol. The van der Waals surface area contributed by atoms with Crippen molar-refractivity contribution in [2.75, 3.05) is 0 Å². The Morgan fingerprint density at radius 3 is 2.29 bits per heavy atom. The minimum Gasteiger partial charge on any atom is -0.481 e. The average molecular weight is 471 g/mol. The summed E-state index contributed by atoms with van der Waals surface area (Å²) in [5.41, 5.74) is 4.84. The second kappa shape index (κ2) is 8.49. The molecule has 4 rings (SSSR count). The highest BCUT2D eigenvalue weighted by Crippen LogP contribution is 2.72. The van der Waals surface area contributed by atoms with Crippen molar-refractivity contribution < 1.29 is 15.0 Å². The van der Waals surface area contributed by atoms with Crippen molar-refractivity contribution in [2.24, 2.45) is 45.3 Å². The topological polar surface area (TPSA) is 57.5 Å². The van der Waals surface area contributed by atoms with Crippen LogP contribution in [0.2, 0.25) is 0 Å². The van der Waals surface area contributed by atoms with Gasteiger partial charge in [-0.15, -0.1) is 0 Å². The summed E-state index contributed by atoms with van der Waals surface area (Å²) < 4.78 is 0. The highest BCUT2D eigenvalue weighted by atomic mass is 16.4. The lowest BCUT2D eigenvalue weighted by Gasteiger charge is -2.62. The van der Waals surface area contributed by atoms with Crippen LogP contribution in [-0.4, -0.2) is 22.3 Å². The van der Waals surface area contributed by atoms with Gasteiger partial charge in [-0.25, -0.2) is 0 Å². The van der Waals surface area contributed by atoms with E-state index in [9.17, 15) is 15.0 Å². The van der Waals surface area contributed by atoms with Crippen molar-refractivity contribution in [3.05, 3.63) is 23.3 Å². The van der Waals surface area contributed by atoms with Crippen LogP contribution in [0, 0.1) is 45.3 Å². The Kier molecular flexibility index (Phi) is 6.49. The van der Waals surface area contributed by atoms with Crippen molar-refractivity contribution in [1.82, 2.24) is 0 Å². The molecule has 0 aromatic carbocycles. The molecule has 0 aromatic heterocycles. The summed E-state index contributed by atoms with van der Waals surface area (Å²) >= 11 is 0. The standard InChI is InChI=1S/C31H50O3/c1-19(2)20(3)9-10-21(27(33)34)22-13-17-31(8)24-11-12-25-28(4,5)26(32)15-16-29(25,6)23(24)14-18-30(22,31)7/h19,21-22,25-26,32H,3,9-18H2,1-2,4-8H3,(H,33,34)/t21-,22-,25+,26+,29-,30-,31+/m1/s1. The number of allylic oxidation sites excluding steroid dienone is 3. The average Bonchev–Trinajstić information content (AvgIpc) is 3.02. The Labute approximate surface area is 208 Å². The summed E-state index contributed by atoms with van der Waals surface area (Å²) in [5, 5.41) is 21.1. The zero-order valence-electron chi connectivity index (χ0n) is 23.0. The fraction of sp³-hybridized carbons (Fsp3) is 0.839. The van der Waals surface area contributed by atoms with E-state index in [1.807, 2.05) is 0 Å². The van der Waals surface area contributed by atoms with Gasteiger partial charge in [-0.3, -0.25) is 4.79 Å². The van der Waals surface area contributed by atoms with E-state index in [1.54, 1.807) is 11.1 Å². The Morgan fingerprint density at radius 1 is 1.00 bits per heavy atom. The molecule has 2 saturated carbocycles. The molecule has 0 unspecified atom stereocenters. The lowest BCUT2D eigenvalue weighted by molar-refractivity contribution is -0.146. The van der Waals surface area contributed by atoms with Gasteiger partial charge in [0.05, 0.1) is 12.0 Å². The largest absolute Gasteiger partial charge is 0.481 e. The Hall–Kier alpha value is -1.09. The van der Waals surface area contributed by atoms with E-state index in [4.69, 9.17) is 0 Å². The van der Waals surface area contributed by atoms with Gasteiger partial charge in [-0.1, -0.05) is 71.8 Å². The van der Waals surface area contributed by atoms with Crippen molar-refractivity contribution in [3.63, 3.8) is 0 Å². The van der Waals surface area contributed by atoms with Crippen LogP contribution in [0.3, 0.4) is 0 Å². The lowest BCUT2D eigenvalue weighted by Crippen LogP contribution is -2.55. The Morgan fingerprint density at radius 2 is 1.68 bits per heavy atom. The maximum Gasteiger partial charge on any atom is 0.306 e. The molecule has 0 spiro atoms. The van der Waals surface area contributed by atoms with Gasteiger partial charge in [0.1, 0.15) is 0 Å². The summed E-state index contributed by atoms with van der Waals surface area (Å²) in [5.74, 6) is 0.293. The van der Waals surface area contributed by atoms with E-state index in [-0.39, 0.29) is 39.6 Å². The number of hydrogen-bond donors (Lipinski definition) is 2. The number of carboxylic acid groups (broad SMARTS) is 1. The molecule has 0 radical (unpaired) electrons. The van der Waals surface area contributed by atoms with Crippen LogP contribution in [0.5, 0.6) is 0 Å². The van der Waals surface area contributed by atoms with Gasteiger partial charge in [0.15, 0.2) is 0 Å². The zero-order valence-corrected chi connectivity index (χ0v) is 23.0. The second-order valence-electron chi connectivity index (χ2n) is 14.0. The van der Waals surface area contributed by atoms with Gasteiger partial charge in [-0.2, -0.15) is 0 Å². The number of aliphatic hydroxyl groups is 1. The number of aliphatic hydroxyl groups excluding tert-OH is 1. The molecule has 192 valence electrons. The molecule has 2 fully saturated rings. The maximum atomic E-state index is 12.5. The Bertz CT molecular complexity index is 881. The summed E-state index contributed by atoms with van der Waals surface area (Å²) in [4.78, 5) is 12.5. The smallest absolute Gasteiger partial charge is 0.306 e. The van der Waals surface area contributed by atoms with Crippen molar-refractivity contribution >= 4 is 5.97 Å². The first-order chi connectivity index (χ1) is 15.7. The molecule has 34 heavy (non-hydrogen) atoms. The first-order valence-electron chi connectivity index (χ1n) is 14.0. The quantitative estimate of drug-likeness (QED) is 0.389. The molecule has 0 bridgehead atoms. The normalized spacial score (nSPS) is 42.1. The summed E-state index contributed by atoms with van der Waals surface area (Å²) in [6.07, 6.45) is 9.98. The summed E-state index contributed by atoms with van der Waals surface area (Å²) in [6.45, 7) is 20.5. The third-order valence-corrected chi connectivity index (χ3v) is 12.2. The molecule has 4 aliphatic carbocycles. The molecule has 4 aliphatic rings. The van der Waals surface area contributed by atoms with Crippen LogP contribution < -0.4 is 0 Å². The van der Waals surface area contributed by atoms with E-state index < -0.39 is 5.97 Å². The number of aliphatic carboxylic acids is 1. The first kappa shape index (κ1) is 26.0. The third-order valence-electron chi connectivity index (χ3n) is 12.2. The minimum absolute atomic E-state index is 0.0426. The maximum absolute atomic E-state index is 12.5. The number of carbonyl (C=O) groups is 1. The molecular formula is C31H50O3. The van der Waals surface area contributed by atoms with E-state index in [2.05, 4.69) is 55.0 Å². The lowest BCUT2D eigenvalue weighted by atomic mass is 9.43. The van der Waals surface area contributed by atoms with Crippen LogP contribution in [0.4, 0.5) is 0 Å². The molecular weight excluding hydrogens is 420 g/mol. The highest BCUT2D eigenvalue weighted by Gasteiger charge is 2.64. The van der Waals surface area contributed by atoms with Crippen LogP contribution >= 0.6 is 0 Å². The third kappa shape index (κ3) is 3.58. The fourth-order valence-electron chi connectivity index (χ4n) is 9.49. The van der Waals surface area contributed by atoms with E-state index in [1.165, 1.54) is 5.57 Å². The molecule has 0 heterocycles. The second-order valence-corrected chi connectivity index (χ2v) is 14.0. The van der Waals surface area contributed by atoms with Gasteiger partial charge in [0.25, 0.3) is 0 Å². The Balaban J connectivity index is 1.67. The van der Waals surface area contributed by atoms with Crippen molar-refractivity contribution in [1.29, 1.82) is 0 Å². The number of rotatable bonds is 6. The molecule has 7 atom stereocenters. The van der Waals surface area contributed by atoms with Crippen LogP contribution in [0.25, 0.3) is 0 Å². The van der Waals surface area contributed by atoms with E-state index in [0.717, 1.165) is 64.2 Å².